The number of halogens is 1. The summed E-state index contributed by atoms with van der Waals surface area (Å²) in [6.07, 6.45) is -0.332. The van der Waals surface area contributed by atoms with Crippen molar-refractivity contribution in [1.82, 2.24) is 9.78 Å². The van der Waals surface area contributed by atoms with Crippen molar-refractivity contribution in [3.05, 3.63) is 74.5 Å². The van der Waals surface area contributed by atoms with Gasteiger partial charge in [-0.15, -0.1) is 0 Å². The van der Waals surface area contributed by atoms with Crippen LogP contribution >= 0.6 is 0 Å². The van der Waals surface area contributed by atoms with Gasteiger partial charge in [0, 0.05) is 0 Å². The minimum atomic E-state index is -0.944. The molecule has 0 aliphatic rings. The molecular formula is C16H12FN3O6. The summed E-state index contributed by atoms with van der Waals surface area (Å²) in [6, 6.07) is 9.68. The minimum Gasteiger partial charge on any atom is -0.482 e. The third-order valence-corrected chi connectivity index (χ3v) is 3.40. The third kappa shape index (κ3) is 3.38. The van der Waals surface area contributed by atoms with Gasteiger partial charge in [-0.2, -0.15) is 4.68 Å². The van der Waals surface area contributed by atoms with E-state index in [1.54, 1.807) is 0 Å². The Morgan fingerprint density at radius 2 is 2.00 bits per heavy atom. The molecule has 0 atom stereocenters. The molecule has 0 saturated carbocycles. The molecule has 0 radical (unpaired) electrons. The Hall–Kier alpha value is -3.69. The lowest BCUT2D eigenvalue weighted by Crippen LogP contribution is -2.15. The largest absolute Gasteiger partial charge is 0.482 e. The zero-order valence-corrected chi connectivity index (χ0v) is 13.4. The van der Waals surface area contributed by atoms with E-state index in [0.717, 1.165) is 0 Å². The monoisotopic (exact) mass is 361 g/mol. The Labute approximate surface area is 145 Å². The smallest absolute Gasteiger partial charge is 0.444 e. The summed E-state index contributed by atoms with van der Waals surface area (Å²) < 4.78 is 28.6. The predicted octanol–water partition coefficient (Wildman–Crippen LogP) is 2.46. The van der Waals surface area contributed by atoms with Gasteiger partial charge in [0.25, 0.3) is 0 Å². The van der Waals surface area contributed by atoms with Gasteiger partial charge in [0.1, 0.15) is 12.4 Å². The Kier molecular flexibility index (Phi) is 4.65. The maximum atomic E-state index is 12.9. The van der Waals surface area contributed by atoms with Crippen LogP contribution in [0.3, 0.4) is 0 Å². The van der Waals surface area contributed by atoms with Crippen LogP contribution in [0, 0.1) is 15.9 Å². The van der Waals surface area contributed by atoms with Crippen molar-refractivity contribution in [2.45, 2.75) is 6.61 Å². The normalized spacial score (nSPS) is 10.5. The molecule has 0 spiro atoms. The number of nitrogens with zero attached hydrogens (tertiary/aromatic N) is 3. The van der Waals surface area contributed by atoms with E-state index in [1.165, 1.54) is 49.6 Å². The van der Waals surface area contributed by atoms with Crippen LogP contribution in [-0.2, 0) is 6.61 Å². The van der Waals surface area contributed by atoms with Crippen molar-refractivity contribution in [3.8, 4) is 17.5 Å². The topological polar surface area (TPSA) is 110 Å². The first-order valence-electron chi connectivity index (χ1n) is 7.29. The molecule has 9 nitrogen and oxygen atoms in total. The van der Waals surface area contributed by atoms with Gasteiger partial charge in [-0.3, -0.25) is 10.1 Å². The summed E-state index contributed by atoms with van der Waals surface area (Å²) in [5.41, 5.74) is 0.0164. The maximum Gasteiger partial charge on any atom is 0.444 e. The van der Waals surface area contributed by atoms with Crippen LogP contribution in [0.15, 0.2) is 51.7 Å². The molecular weight excluding hydrogens is 349 g/mol. The number of rotatable bonds is 6. The molecule has 0 aliphatic heterocycles. The average Bonchev–Trinajstić information content (AvgIpc) is 3.01. The lowest BCUT2D eigenvalue weighted by Gasteiger charge is -2.09. The highest BCUT2D eigenvalue weighted by Crippen LogP contribution is 2.33. The molecule has 26 heavy (non-hydrogen) atoms. The van der Waals surface area contributed by atoms with Crippen LogP contribution < -0.4 is 15.2 Å². The van der Waals surface area contributed by atoms with Gasteiger partial charge in [-0.05, 0) is 29.8 Å². The van der Waals surface area contributed by atoms with Crippen molar-refractivity contribution >= 4 is 5.69 Å². The Morgan fingerprint density at radius 1 is 1.27 bits per heavy atom. The second-order valence-corrected chi connectivity index (χ2v) is 5.05. The van der Waals surface area contributed by atoms with E-state index < -0.39 is 22.2 Å². The first-order valence-corrected chi connectivity index (χ1v) is 7.29. The van der Waals surface area contributed by atoms with Crippen LogP contribution in [-0.4, -0.2) is 21.8 Å². The van der Waals surface area contributed by atoms with E-state index in [9.17, 15) is 19.3 Å². The molecule has 0 bridgehead atoms. The molecule has 10 heteroatoms. The predicted molar refractivity (Wildman–Crippen MR) is 86.0 cm³/mol. The van der Waals surface area contributed by atoms with Crippen molar-refractivity contribution in [2.24, 2.45) is 0 Å². The van der Waals surface area contributed by atoms with Crippen LogP contribution in [0.1, 0.15) is 5.56 Å². The Bertz CT molecular complexity index is 996. The molecule has 0 unspecified atom stereocenters. The summed E-state index contributed by atoms with van der Waals surface area (Å²) in [7, 11) is 1.24. The van der Waals surface area contributed by atoms with Gasteiger partial charge in [-0.25, -0.2) is 9.18 Å². The van der Waals surface area contributed by atoms with Crippen molar-refractivity contribution in [1.29, 1.82) is 0 Å². The van der Waals surface area contributed by atoms with Gasteiger partial charge in [0.2, 0.25) is 0 Å². The van der Waals surface area contributed by atoms with Crippen molar-refractivity contribution < 1.29 is 23.2 Å². The second-order valence-electron chi connectivity index (χ2n) is 5.05. The molecule has 3 aromatic rings. The van der Waals surface area contributed by atoms with Gasteiger partial charge in [-0.1, -0.05) is 23.3 Å². The highest BCUT2D eigenvalue weighted by Gasteiger charge is 2.25. The molecule has 0 aliphatic carbocycles. The third-order valence-electron chi connectivity index (χ3n) is 3.40. The van der Waals surface area contributed by atoms with Crippen LogP contribution in [0.2, 0.25) is 0 Å². The molecule has 0 saturated heterocycles. The molecule has 134 valence electrons. The number of para-hydroxylation sites is 1. The zero-order chi connectivity index (χ0) is 18.7. The minimum absolute atomic E-state index is 0.0262. The number of methoxy groups -OCH3 is 1. The summed E-state index contributed by atoms with van der Waals surface area (Å²) in [6.45, 7) is -0.0262. The van der Waals surface area contributed by atoms with E-state index in [4.69, 9.17) is 13.9 Å². The quantitative estimate of drug-likeness (QED) is 0.490. The summed E-state index contributed by atoms with van der Waals surface area (Å²) in [5.74, 6) is -1.42. The highest BCUT2D eigenvalue weighted by molar-refractivity contribution is 5.61. The lowest BCUT2D eigenvalue weighted by atomic mass is 10.2. The number of hydrogen-bond acceptors (Lipinski definition) is 7. The highest BCUT2D eigenvalue weighted by atomic mass is 19.1. The summed E-state index contributed by atoms with van der Waals surface area (Å²) in [4.78, 5) is 22.7. The van der Waals surface area contributed by atoms with Gasteiger partial charge in [0.15, 0.2) is 11.4 Å². The summed E-state index contributed by atoms with van der Waals surface area (Å²) in [5, 5.41) is 15.3. The van der Waals surface area contributed by atoms with Crippen molar-refractivity contribution in [3.63, 3.8) is 0 Å². The zero-order valence-electron chi connectivity index (χ0n) is 13.4. The standard InChI is InChI=1S/C16H12FN3O6/c1-24-15-18-19(16(21)26-15)12-3-2-4-13(14(12)20(22)23)25-9-10-5-7-11(17)8-6-10/h2-8H,9H2,1H3. The molecule has 0 amide bonds. The molecule has 0 N–H and O–H groups in total. The van der Waals surface area contributed by atoms with Crippen molar-refractivity contribution in [2.75, 3.05) is 7.11 Å². The van der Waals surface area contributed by atoms with Crippen LogP contribution in [0.5, 0.6) is 11.8 Å². The number of hydrogen-bond donors (Lipinski definition) is 0. The number of aromatic nitrogens is 2. The van der Waals surface area contributed by atoms with E-state index in [1.807, 2.05) is 0 Å². The molecule has 2 aromatic carbocycles. The number of nitro benzene ring substituents is 1. The SMILES string of the molecule is COc1nn(-c2cccc(OCc3ccc(F)cc3)c2[N+](=O)[O-])c(=O)o1. The number of benzene rings is 2. The lowest BCUT2D eigenvalue weighted by molar-refractivity contribution is -0.385. The first-order chi connectivity index (χ1) is 12.5. The van der Waals surface area contributed by atoms with Crippen LogP contribution in [0.25, 0.3) is 5.69 Å². The second kappa shape index (κ2) is 7.05. The number of ether oxygens (including phenoxy) is 2. The van der Waals surface area contributed by atoms with Gasteiger partial charge < -0.3 is 13.9 Å². The maximum absolute atomic E-state index is 12.9. The average molecular weight is 361 g/mol. The molecule has 3 rings (SSSR count). The fourth-order valence-electron chi connectivity index (χ4n) is 2.22. The van der Waals surface area contributed by atoms with Crippen LogP contribution in [0.4, 0.5) is 10.1 Å². The summed E-state index contributed by atoms with van der Waals surface area (Å²) >= 11 is 0. The fraction of sp³-hybridized carbons (Fsp3) is 0.125. The van der Waals surface area contributed by atoms with E-state index >= 15 is 0 Å². The van der Waals surface area contributed by atoms with E-state index in [2.05, 4.69) is 5.10 Å². The molecule has 1 heterocycles. The van der Waals surface area contributed by atoms with E-state index in [-0.39, 0.29) is 24.1 Å². The molecule has 0 fully saturated rings. The first kappa shape index (κ1) is 17.1. The fourth-order valence-corrected chi connectivity index (χ4v) is 2.22. The van der Waals surface area contributed by atoms with Gasteiger partial charge >= 0.3 is 17.5 Å². The molecule has 1 aromatic heterocycles. The van der Waals surface area contributed by atoms with Gasteiger partial charge in [0.05, 0.1) is 12.0 Å². The Balaban J connectivity index is 1.98. The van der Waals surface area contributed by atoms with E-state index in [0.29, 0.717) is 10.2 Å². The Morgan fingerprint density at radius 3 is 2.62 bits per heavy atom. The number of nitro groups is 1.